The lowest BCUT2D eigenvalue weighted by atomic mass is 10.0. The third-order valence-corrected chi connectivity index (χ3v) is 3.21. The number of rotatable bonds is 2. The summed E-state index contributed by atoms with van der Waals surface area (Å²) in [6.07, 6.45) is -0.585. The Morgan fingerprint density at radius 1 is 1.16 bits per heavy atom. The first kappa shape index (κ1) is 12.3. The zero-order chi connectivity index (χ0) is 13.4. The summed E-state index contributed by atoms with van der Waals surface area (Å²) in [5.74, 6) is 0.422. The topological polar surface area (TPSA) is 44.5 Å². The van der Waals surface area contributed by atoms with Crippen LogP contribution in [0.25, 0.3) is 11.1 Å². The molecule has 1 atom stereocenters. The summed E-state index contributed by atoms with van der Waals surface area (Å²) in [6, 6.07) is 9.84. The molecule has 2 aromatic carbocycles. The Labute approximate surface area is 114 Å². The van der Waals surface area contributed by atoms with E-state index in [0.29, 0.717) is 27.6 Å². The number of benzene rings is 2. The van der Waals surface area contributed by atoms with E-state index in [1.807, 2.05) is 12.1 Å². The summed E-state index contributed by atoms with van der Waals surface area (Å²) in [6.45, 7) is 0.193. The van der Waals surface area contributed by atoms with Crippen molar-refractivity contribution in [2.24, 2.45) is 5.73 Å². The fraction of sp³-hybridized carbons (Fsp3) is 0.143. The monoisotopic (exact) mass is 279 g/mol. The van der Waals surface area contributed by atoms with E-state index in [9.17, 15) is 4.39 Å². The van der Waals surface area contributed by atoms with Crippen LogP contribution in [0.2, 0.25) is 5.02 Å². The highest BCUT2D eigenvalue weighted by Gasteiger charge is 2.27. The molecule has 0 saturated carbocycles. The molecule has 1 heterocycles. The van der Waals surface area contributed by atoms with Gasteiger partial charge in [0.25, 0.3) is 6.29 Å². The van der Waals surface area contributed by atoms with Crippen LogP contribution in [0, 0.1) is 5.82 Å². The highest BCUT2D eigenvalue weighted by Crippen LogP contribution is 2.45. The van der Waals surface area contributed by atoms with E-state index in [4.69, 9.17) is 26.8 Å². The van der Waals surface area contributed by atoms with Crippen LogP contribution in [-0.4, -0.2) is 12.8 Å². The molecule has 1 aliphatic rings. The number of hydrogen-bond donors (Lipinski definition) is 1. The molecular weight excluding hydrogens is 269 g/mol. The van der Waals surface area contributed by atoms with Gasteiger partial charge in [0, 0.05) is 22.2 Å². The maximum Gasteiger partial charge on any atom is 0.253 e. The number of hydrogen-bond acceptors (Lipinski definition) is 3. The van der Waals surface area contributed by atoms with Crippen LogP contribution < -0.4 is 15.2 Å². The Bertz CT molecular complexity index is 633. The van der Waals surface area contributed by atoms with Crippen molar-refractivity contribution in [3.8, 4) is 22.6 Å². The van der Waals surface area contributed by atoms with E-state index >= 15 is 0 Å². The van der Waals surface area contributed by atoms with Gasteiger partial charge in [0.1, 0.15) is 5.82 Å². The van der Waals surface area contributed by atoms with Crippen LogP contribution in [0.1, 0.15) is 0 Å². The van der Waals surface area contributed by atoms with Crippen molar-refractivity contribution in [2.45, 2.75) is 6.29 Å². The van der Waals surface area contributed by atoms with Gasteiger partial charge in [-0.25, -0.2) is 4.39 Å². The third-order valence-electron chi connectivity index (χ3n) is 2.88. The minimum absolute atomic E-state index is 0.193. The molecule has 3 nitrogen and oxygen atoms in total. The first-order valence-electron chi connectivity index (χ1n) is 5.81. The maximum absolute atomic E-state index is 13.7. The van der Waals surface area contributed by atoms with Crippen molar-refractivity contribution in [3.63, 3.8) is 0 Å². The molecule has 19 heavy (non-hydrogen) atoms. The Hall–Kier alpha value is -1.78. The van der Waals surface area contributed by atoms with Crippen LogP contribution in [0.4, 0.5) is 4.39 Å². The highest BCUT2D eigenvalue weighted by molar-refractivity contribution is 6.33. The summed E-state index contributed by atoms with van der Waals surface area (Å²) in [4.78, 5) is 0. The first-order valence-corrected chi connectivity index (χ1v) is 6.18. The van der Waals surface area contributed by atoms with Gasteiger partial charge in [0.05, 0.1) is 6.54 Å². The number of ether oxygens (including phenoxy) is 2. The SMILES string of the molecule is NCC1Oc2cc(F)cc(-c3ccccc3Cl)c2O1. The van der Waals surface area contributed by atoms with E-state index in [-0.39, 0.29) is 6.54 Å². The average Bonchev–Trinajstić information content (AvgIpc) is 2.81. The third kappa shape index (κ3) is 2.13. The Morgan fingerprint density at radius 2 is 1.95 bits per heavy atom. The van der Waals surface area contributed by atoms with Crippen molar-refractivity contribution in [1.82, 2.24) is 0 Å². The van der Waals surface area contributed by atoms with Crippen molar-refractivity contribution < 1.29 is 13.9 Å². The van der Waals surface area contributed by atoms with E-state index in [2.05, 4.69) is 0 Å². The predicted molar refractivity (Wildman–Crippen MR) is 70.9 cm³/mol. The molecular formula is C14H11ClFNO2. The zero-order valence-corrected chi connectivity index (χ0v) is 10.7. The number of halogens is 2. The van der Waals surface area contributed by atoms with Gasteiger partial charge in [-0.15, -0.1) is 0 Å². The normalized spacial score (nSPS) is 16.7. The average molecular weight is 280 g/mol. The number of fused-ring (bicyclic) bond motifs is 1. The van der Waals surface area contributed by atoms with Crippen LogP contribution in [-0.2, 0) is 0 Å². The summed E-state index contributed by atoms with van der Waals surface area (Å²) in [5.41, 5.74) is 6.76. The van der Waals surface area contributed by atoms with Crippen LogP contribution in [0.15, 0.2) is 36.4 Å². The van der Waals surface area contributed by atoms with Gasteiger partial charge in [-0.2, -0.15) is 0 Å². The van der Waals surface area contributed by atoms with Gasteiger partial charge < -0.3 is 15.2 Å². The fourth-order valence-electron chi connectivity index (χ4n) is 2.05. The second-order valence-corrected chi connectivity index (χ2v) is 4.57. The second-order valence-electron chi connectivity index (χ2n) is 4.16. The van der Waals surface area contributed by atoms with Gasteiger partial charge in [-0.3, -0.25) is 0 Å². The number of nitrogens with two attached hydrogens (primary N) is 1. The van der Waals surface area contributed by atoms with Gasteiger partial charge >= 0.3 is 0 Å². The lowest BCUT2D eigenvalue weighted by molar-refractivity contribution is 0.0582. The molecule has 5 heteroatoms. The molecule has 1 aliphatic heterocycles. The van der Waals surface area contributed by atoms with Crippen LogP contribution in [0.3, 0.4) is 0 Å². The highest BCUT2D eigenvalue weighted by atomic mass is 35.5. The van der Waals surface area contributed by atoms with Gasteiger partial charge in [-0.05, 0) is 12.1 Å². The molecule has 0 aliphatic carbocycles. The minimum atomic E-state index is -0.585. The molecule has 0 bridgehead atoms. The molecule has 98 valence electrons. The van der Waals surface area contributed by atoms with E-state index in [1.165, 1.54) is 12.1 Å². The lowest BCUT2D eigenvalue weighted by Gasteiger charge is -2.09. The summed E-state index contributed by atoms with van der Waals surface area (Å²) < 4.78 is 24.6. The summed E-state index contributed by atoms with van der Waals surface area (Å²) >= 11 is 6.14. The van der Waals surface area contributed by atoms with Gasteiger partial charge in [0.2, 0.25) is 0 Å². The predicted octanol–water partition coefficient (Wildman–Crippen LogP) is 3.20. The molecule has 1 unspecified atom stereocenters. The lowest BCUT2D eigenvalue weighted by Crippen LogP contribution is -2.27. The molecule has 0 spiro atoms. The molecule has 2 aromatic rings. The second kappa shape index (κ2) is 4.72. The van der Waals surface area contributed by atoms with E-state index < -0.39 is 12.1 Å². The molecule has 0 aromatic heterocycles. The summed E-state index contributed by atoms with van der Waals surface area (Å²) in [5, 5.41) is 0.523. The molecule has 0 fully saturated rings. The fourth-order valence-corrected chi connectivity index (χ4v) is 2.29. The van der Waals surface area contributed by atoms with Crippen molar-refractivity contribution in [2.75, 3.05) is 6.54 Å². The van der Waals surface area contributed by atoms with Crippen molar-refractivity contribution >= 4 is 11.6 Å². The largest absolute Gasteiger partial charge is 0.449 e. The van der Waals surface area contributed by atoms with Crippen molar-refractivity contribution in [3.05, 3.63) is 47.2 Å². The Balaban J connectivity index is 2.16. The Kier molecular flexibility index (Phi) is 3.05. The van der Waals surface area contributed by atoms with Gasteiger partial charge in [-0.1, -0.05) is 29.8 Å². The molecule has 3 rings (SSSR count). The van der Waals surface area contributed by atoms with E-state index in [0.717, 1.165) is 0 Å². The van der Waals surface area contributed by atoms with Crippen molar-refractivity contribution in [1.29, 1.82) is 0 Å². The first-order chi connectivity index (χ1) is 9.19. The minimum Gasteiger partial charge on any atom is -0.449 e. The summed E-state index contributed by atoms with van der Waals surface area (Å²) in [7, 11) is 0. The zero-order valence-electron chi connectivity index (χ0n) is 9.90. The quantitative estimate of drug-likeness (QED) is 0.918. The molecule has 0 saturated heterocycles. The maximum atomic E-state index is 13.7. The standard InChI is InChI=1S/C14H11ClFNO2/c15-11-4-2-1-3-9(11)10-5-8(16)6-12-14(10)19-13(7-17)18-12/h1-6,13H,7,17H2. The van der Waals surface area contributed by atoms with Crippen LogP contribution in [0.5, 0.6) is 11.5 Å². The van der Waals surface area contributed by atoms with E-state index in [1.54, 1.807) is 12.1 Å². The molecule has 0 radical (unpaired) electrons. The Morgan fingerprint density at radius 3 is 2.68 bits per heavy atom. The molecule has 0 amide bonds. The van der Waals surface area contributed by atoms with Crippen LogP contribution >= 0.6 is 11.6 Å². The molecule has 2 N–H and O–H groups in total. The van der Waals surface area contributed by atoms with Gasteiger partial charge in [0.15, 0.2) is 11.5 Å². The smallest absolute Gasteiger partial charge is 0.253 e.